The number of carbonyl (C=O) groups is 1. The predicted molar refractivity (Wildman–Crippen MR) is 95.1 cm³/mol. The Kier molecular flexibility index (Phi) is 5.30. The molecule has 1 N–H and O–H groups in total. The van der Waals surface area contributed by atoms with Crippen LogP contribution < -0.4 is 5.32 Å². The SMILES string of the molecule is CC1CCCN(C(=O)c2ccnc(NCc3ccccc3Cl)n2)C1. The van der Waals surface area contributed by atoms with Crippen molar-refractivity contribution in [1.29, 1.82) is 0 Å². The van der Waals surface area contributed by atoms with Gasteiger partial charge in [0.1, 0.15) is 5.69 Å². The van der Waals surface area contributed by atoms with Crippen molar-refractivity contribution in [3.63, 3.8) is 0 Å². The molecule has 24 heavy (non-hydrogen) atoms. The van der Waals surface area contributed by atoms with Crippen LogP contribution in [0.25, 0.3) is 0 Å². The number of aromatic nitrogens is 2. The summed E-state index contributed by atoms with van der Waals surface area (Å²) >= 11 is 6.15. The van der Waals surface area contributed by atoms with E-state index in [1.165, 1.54) is 6.42 Å². The Balaban J connectivity index is 1.67. The Morgan fingerprint density at radius 3 is 3.00 bits per heavy atom. The Morgan fingerprint density at radius 2 is 2.21 bits per heavy atom. The van der Waals surface area contributed by atoms with Gasteiger partial charge in [-0.3, -0.25) is 4.79 Å². The molecule has 3 rings (SSSR count). The molecule has 1 aromatic carbocycles. The summed E-state index contributed by atoms with van der Waals surface area (Å²) in [5.41, 5.74) is 1.39. The maximum Gasteiger partial charge on any atom is 0.272 e. The second-order valence-corrected chi connectivity index (χ2v) is 6.62. The van der Waals surface area contributed by atoms with E-state index in [4.69, 9.17) is 11.6 Å². The van der Waals surface area contributed by atoms with Gasteiger partial charge in [-0.25, -0.2) is 9.97 Å². The zero-order chi connectivity index (χ0) is 16.9. The van der Waals surface area contributed by atoms with Gasteiger partial charge in [0, 0.05) is 30.9 Å². The van der Waals surface area contributed by atoms with Crippen LogP contribution in [0.2, 0.25) is 5.02 Å². The minimum atomic E-state index is -0.0234. The van der Waals surface area contributed by atoms with E-state index in [0.29, 0.717) is 29.1 Å². The van der Waals surface area contributed by atoms with Gasteiger partial charge < -0.3 is 10.2 Å². The van der Waals surface area contributed by atoms with Gasteiger partial charge in [0.15, 0.2) is 0 Å². The summed E-state index contributed by atoms with van der Waals surface area (Å²) in [4.78, 5) is 23.0. The third-order valence-electron chi connectivity index (χ3n) is 4.21. The standard InChI is InChI=1S/C18H21ClN4O/c1-13-5-4-10-23(12-13)17(24)16-8-9-20-18(22-16)21-11-14-6-2-3-7-15(14)19/h2-3,6-9,13H,4-5,10-12H2,1H3,(H,20,21,22). The van der Waals surface area contributed by atoms with Crippen LogP contribution in [0.3, 0.4) is 0 Å². The fraction of sp³-hybridized carbons (Fsp3) is 0.389. The summed E-state index contributed by atoms with van der Waals surface area (Å²) in [7, 11) is 0. The smallest absolute Gasteiger partial charge is 0.272 e. The van der Waals surface area contributed by atoms with E-state index in [9.17, 15) is 4.79 Å². The van der Waals surface area contributed by atoms with E-state index in [1.54, 1.807) is 12.3 Å². The number of piperidine rings is 1. The highest BCUT2D eigenvalue weighted by Crippen LogP contribution is 2.18. The first kappa shape index (κ1) is 16.7. The van der Waals surface area contributed by atoms with E-state index in [1.807, 2.05) is 29.2 Å². The van der Waals surface area contributed by atoms with Gasteiger partial charge >= 0.3 is 0 Å². The van der Waals surface area contributed by atoms with E-state index in [2.05, 4.69) is 22.2 Å². The van der Waals surface area contributed by atoms with Crippen LogP contribution in [0.1, 0.15) is 35.8 Å². The lowest BCUT2D eigenvalue weighted by Crippen LogP contribution is -2.39. The number of hydrogen-bond donors (Lipinski definition) is 1. The molecule has 126 valence electrons. The van der Waals surface area contributed by atoms with Crippen molar-refractivity contribution in [2.75, 3.05) is 18.4 Å². The Bertz CT molecular complexity index is 722. The van der Waals surface area contributed by atoms with Crippen molar-refractivity contribution in [1.82, 2.24) is 14.9 Å². The largest absolute Gasteiger partial charge is 0.350 e. The summed E-state index contributed by atoms with van der Waals surface area (Å²) in [5, 5.41) is 3.83. The Morgan fingerprint density at radius 1 is 1.38 bits per heavy atom. The molecule has 1 atom stereocenters. The number of likely N-dealkylation sites (tertiary alicyclic amines) is 1. The van der Waals surface area contributed by atoms with Crippen molar-refractivity contribution >= 4 is 23.5 Å². The molecule has 1 aliphatic heterocycles. The van der Waals surface area contributed by atoms with Crippen LogP contribution in [0.15, 0.2) is 36.5 Å². The Labute approximate surface area is 147 Å². The molecule has 0 bridgehead atoms. The van der Waals surface area contributed by atoms with Gasteiger partial charge in [-0.2, -0.15) is 0 Å². The highest BCUT2D eigenvalue weighted by atomic mass is 35.5. The second-order valence-electron chi connectivity index (χ2n) is 6.21. The fourth-order valence-electron chi connectivity index (χ4n) is 2.91. The number of halogens is 1. The maximum atomic E-state index is 12.6. The third kappa shape index (κ3) is 4.03. The second kappa shape index (κ2) is 7.62. The van der Waals surface area contributed by atoms with Crippen molar-refractivity contribution in [2.24, 2.45) is 5.92 Å². The van der Waals surface area contributed by atoms with Crippen molar-refractivity contribution in [3.8, 4) is 0 Å². The van der Waals surface area contributed by atoms with Gasteiger partial charge in [0.25, 0.3) is 5.91 Å². The lowest BCUT2D eigenvalue weighted by atomic mass is 10.00. The number of nitrogens with zero attached hydrogens (tertiary/aromatic N) is 3. The van der Waals surface area contributed by atoms with Crippen LogP contribution in [0.5, 0.6) is 0 Å². The average molecular weight is 345 g/mol. The molecule has 0 radical (unpaired) electrons. The van der Waals surface area contributed by atoms with Gasteiger partial charge in [-0.15, -0.1) is 0 Å². The quantitative estimate of drug-likeness (QED) is 0.920. The molecule has 1 amide bonds. The minimum absolute atomic E-state index is 0.0234. The normalized spacial score (nSPS) is 17.6. The topological polar surface area (TPSA) is 58.1 Å². The first-order valence-corrected chi connectivity index (χ1v) is 8.61. The fourth-order valence-corrected chi connectivity index (χ4v) is 3.12. The minimum Gasteiger partial charge on any atom is -0.350 e. The van der Waals surface area contributed by atoms with Gasteiger partial charge in [-0.05, 0) is 36.5 Å². The third-order valence-corrected chi connectivity index (χ3v) is 4.58. The van der Waals surface area contributed by atoms with Crippen LogP contribution >= 0.6 is 11.6 Å². The molecule has 1 aliphatic rings. The Hall–Kier alpha value is -2.14. The van der Waals surface area contributed by atoms with Crippen LogP contribution in [-0.4, -0.2) is 33.9 Å². The number of anilines is 1. The number of rotatable bonds is 4. The summed E-state index contributed by atoms with van der Waals surface area (Å²) in [6.07, 6.45) is 3.84. The van der Waals surface area contributed by atoms with Crippen LogP contribution in [-0.2, 0) is 6.54 Å². The molecule has 1 aromatic heterocycles. The van der Waals surface area contributed by atoms with E-state index < -0.39 is 0 Å². The van der Waals surface area contributed by atoms with Crippen molar-refractivity contribution < 1.29 is 4.79 Å². The van der Waals surface area contributed by atoms with E-state index >= 15 is 0 Å². The molecular formula is C18H21ClN4O. The zero-order valence-corrected chi connectivity index (χ0v) is 14.5. The molecule has 2 heterocycles. The molecule has 6 heteroatoms. The lowest BCUT2D eigenvalue weighted by Gasteiger charge is -2.30. The van der Waals surface area contributed by atoms with Crippen molar-refractivity contribution in [3.05, 3.63) is 52.8 Å². The van der Waals surface area contributed by atoms with Crippen LogP contribution in [0, 0.1) is 5.92 Å². The summed E-state index contributed by atoms with van der Waals surface area (Å²) in [5.74, 6) is 0.956. The average Bonchev–Trinajstić information content (AvgIpc) is 2.61. The molecule has 0 spiro atoms. The molecule has 5 nitrogen and oxygen atoms in total. The van der Waals surface area contributed by atoms with Crippen molar-refractivity contribution in [2.45, 2.75) is 26.3 Å². The molecule has 1 unspecified atom stereocenters. The lowest BCUT2D eigenvalue weighted by molar-refractivity contribution is 0.0677. The molecule has 0 aliphatic carbocycles. The van der Waals surface area contributed by atoms with E-state index in [0.717, 1.165) is 25.1 Å². The number of nitrogens with one attached hydrogen (secondary N) is 1. The van der Waals surface area contributed by atoms with Gasteiger partial charge in [0.2, 0.25) is 5.95 Å². The van der Waals surface area contributed by atoms with E-state index in [-0.39, 0.29) is 5.91 Å². The monoisotopic (exact) mass is 344 g/mol. The number of benzene rings is 1. The molecule has 1 fully saturated rings. The highest BCUT2D eigenvalue weighted by molar-refractivity contribution is 6.31. The first-order chi connectivity index (χ1) is 11.6. The number of hydrogen-bond acceptors (Lipinski definition) is 4. The van der Waals surface area contributed by atoms with Gasteiger partial charge in [0.05, 0.1) is 0 Å². The first-order valence-electron chi connectivity index (χ1n) is 8.23. The number of amides is 1. The zero-order valence-electron chi connectivity index (χ0n) is 13.7. The maximum absolute atomic E-state index is 12.6. The number of carbonyl (C=O) groups excluding carboxylic acids is 1. The highest BCUT2D eigenvalue weighted by Gasteiger charge is 2.23. The summed E-state index contributed by atoms with van der Waals surface area (Å²) in [6.45, 7) is 4.29. The molecule has 1 saturated heterocycles. The molecule has 2 aromatic rings. The molecular weight excluding hydrogens is 324 g/mol. The summed E-state index contributed by atoms with van der Waals surface area (Å²) < 4.78 is 0. The predicted octanol–water partition coefficient (Wildman–Crippen LogP) is 3.61. The van der Waals surface area contributed by atoms with Gasteiger partial charge in [-0.1, -0.05) is 36.7 Å². The molecule has 0 saturated carbocycles. The summed E-state index contributed by atoms with van der Waals surface area (Å²) in [6, 6.07) is 9.28. The van der Waals surface area contributed by atoms with Crippen LogP contribution in [0.4, 0.5) is 5.95 Å².